The van der Waals surface area contributed by atoms with Crippen LogP contribution in [-0.4, -0.2) is 25.4 Å². The summed E-state index contributed by atoms with van der Waals surface area (Å²) in [6.45, 7) is 8.42. The quantitative estimate of drug-likeness (QED) is 0.541. The van der Waals surface area contributed by atoms with Gasteiger partial charge in [0, 0.05) is 17.5 Å². The highest BCUT2D eigenvalue weighted by Crippen LogP contribution is 2.18. The van der Waals surface area contributed by atoms with Gasteiger partial charge < -0.3 is 10.1 Å². The summed E-state index contributed by atoms with van der Waals surface area (Å²) in [7, 11) is 0. The lowest BCUT2D eigenvalue weighted by atomic mass is 10.0. The largest absolute Gasteiger partial charge is 0.492 e. The van der Waals surface area contributed by atoms with Gasteiger partial charge in [-0.05, 0) is 56.2 Å². The van der Waals surface area contributed by atoms with E-state index < -0.39 is 0 Å². The Morgan fingerprint density at radius 2 is 1.79 bits per heavy atom. The third kappa shape index (κ3) is 7.48. The Kier molecular flexibility index (Phi) is 7.99. The fourth-order valence-corrected chi connectivity index (χ4v) is 2.24. The van der Waals surface area contributed by atoms with E-state index in [1.54, 1.807) is 11.8 Å². The Morgan fingerprint density at radius 1 is 1.11 bits per heavy atom. The minimum Gasteiger partial charge on any atom is -0.492 e. The normalized spacial score (nSPS) is 12.7. The van der Waals surface area contributed by atoms with Gasteiger partial charge in [0.1, 0.15) is 12.4 Å². The van der Waals surface area contributed by atoms with Crippen LogP contribution in [0.25, 0.3) is 0 Å². The highest BCUT2D eigenvalue weighted by molar-refractivity contribution is 7.98. The zero-order valence-corrected chi connectivity index (χ0v) is 13.4. The Hall–Kier alpha value is -0.670. The third-order valence-electron chi connectivity index (χ3n) is 3.10. The predicted molar refractivity (Wildman–Crippen MR) is 85.3 cm³/mol. The lowest BCUT2D eigenvalue weighted by Gasteiger charge is -2.15. The number of rotatable bonds is 9. The summed E-state index contributed by atoms with van der Waals surface area (Å²) >= 11 is 1.75. The van der Waals surface area contributed by atoms with Crippen molar-refractivity contribution in [3.05, 3.63) is 24.3 Å². The van der Waals surface area contributed by atoms with Crippen LogP contribution in [0.1, 0.15) is 33.6 Å². The first-order valence-corrected chi connectivity index (χ1v) is 8.34. The molecule has 19 heavy (non-hydrogen) atoms. The summed E-state index contributed by atoms with van der Waals surface area (Å²) in [6.07, 6.45) is 4.60. The van der Waals surface area contributed by atoms with Gasteiger partial charge in [-0.15, -0.1) is 11.8 Å². The van der Waals surface area contributed by atoms with Crippen LogP contribution in [0, 0.1) is 5.92 Å². The second kappa shape index (κ2) is 9.27. The summed E-state index contributed by atoms with van der Waals surface area (Å²) in [4.78, 5) is 1.27. The van der Waals surface area contributed by atoms with E-state index in [0.29, 0.717) is 6.04 Å². The number of thioether (sulfide) groups is 1. The average molecular weight is 281 g/mol. The molecule has 1 unspecified atom stereocenters. The van der Waals surface area contributed by atoms with Crippen molar-refractivity contribution in [3.63, 3.8) is 0 Å². The Labute approximate surface area is 122 Å². The highest BCUT2D eigenvalue weighted by atomic mass is 32.2. The molecule has 0 aromatic heterocycles. The van der Waals surface area contributed by atoms with Crippen molar-refractivity contribution in [3.8, 4) is 5.75 Å². The van der Waals surface area contributed by atoms with Crippen molar-refractivity contribution < 1.29 is 4.74 Å². The molecule has 1 atom stereocenters. The van der Waals surface area contributed by atoms with E-state index in [0.717, 1.165) is 24.8 Å². The number of hydrogen-bond acceptors (Lipinski definition) is 3. The molecule has 1 rings (SSSR count). The molecular formula is C16H27NOS. The van der Waals surface area contributed by atoms with Crippen LogP contribution in [0.15, 0.2) is 29.2 Å². The predicted octanol–water partition coefficient (Wildman–Crippen LogP) is 4.20. The van der Waals surface area contributed by atoms with Gasteiger partial charge in [0.05, 0.1) is 0 Å². The lowest BCUT2D eigenvalue weighted by Crippen LogP contribution is -2.30. The molecule has 0 aliphatic heterocycles. The minimum atomic E-state index is 0.574. The molecule has 1 aromatic rings. The molecule has 1 N–H and O–H groups in total. The minimum absolute atomic E-state index is 0.574. The van der Waals surface area contributed by atoms with Gasteiger partial charge in [-0.2, -0.15) is 0 Å². The molecule has 3 heteroatoms. The zero-order chi connectivity index (χ0) is 14.1. The molecule has 0 spiro atoms. The molecule has 0 aliphatic rings. The summed E-state index contributed by atoms with van der Waals surface area (Å²) in [5, 5.41) is 3.50. The monoisotopic (exact) mass is 281 g/mol. The number of ether oxygens (including phenoxy) is 1. The maximum atomic E-state index is 5.71. The van der Waals surface area contributed by atoms with Crippen LogP contribution in [0.2, 0.25) is 0 Å². The Morgan fingerprint density at radius 3 is 2.37 bits per heavy atom. The molecule has 108 valence electrons. The fourth-order valence-electron chi connectivity index (χ4n) is 1.83. The summed E-state index contributed by atoms with van der Waals surface area (Å²) < 4.78 is 5.71. The second-order valence-corrected chi connectivity index (χ2v) is 6.23. The van der Waals surface area contributed by atoms with E-state index in [1.807, 2.05) is 12.1 Å². The van der Waals surface area contributed by atoms with Crippen LogP contribution in [0.4, 0.5) is 0 Å². The van der Waals surface area contributed by atoms with Crippen LogP contribution in [0.3, 0.4) is 0 Å². The van der Waals surface area contributed by atoms with Gasteiger partial charge in [-0.1, -0.05) is 13.8 Å². The Balaban J connectivity index is 2.12. The van der Waals surface area contributed by atoms with Crippen molar-refractivity contribution in [1.82, 2.24) is 5.32 Å². The third-order valence-corrected chi connectivity index (χ3v) is 3.84. The van der Waals surface area contributed by atoms with Crippen molar-refractivity contribution in [2.45, 2.75) is 44.6 Å². The lowest BCUT2D eigenvalue weighted by molar-refractivity contribution is 0.302. The van der Waals surface area contributed by atoms with Gasteiger partial charge in [0.15, 0.2) is 0 Å². The molecule has 0 heterocycles. The standard InChI is InChI=1S/C16H27NOS/c1-13(2)5-6-14(3)17-11-12-18-15-7-9-16(19-4)10-8-15/h7-10,13-14,17H,5-6,11-12H2,1-4H3. The molecule has 1 aromatic carbocycles. The van der Waals surface area contributed by atoms with Crippen LogP contribution in [-0.2, 0) is 0 Å². The molecule has 2 nitrogen and oxygen atoms in total. The molecule has 0 saturated heterocycles. The van der Waals surface area contributed by atoms with E-state index in [-0.39, 0.29) is 0 Å². The van der Waals surface area contributed by atoms with Gasteiger partial charge >= 0.3 is 0 Å². The molecule has 0 amide bonds. The fraction of sp³-hybridized carbons (Fsp3) is 0.625. The number of nitrogens with one attached hydrogen (secondary N) is 1. The Bertz CT molecular complexity index is 337. The summed E-state index contributed by atoms with van der Waals surface area (Å²) in [5.74, 6) is 1.74. The van der Waals surface area contributed by atoms with E-state index >= 15 is 0 Å². The second-order valence-electron chi connectivity index (χ2n) is 5.35. The topological polar surface area (TPSA) is 21.3 Å². The van der Waals surface area contributed by atoms with Gasteiger partial charge in [-0.3, -0.25) is 0 Å². The van der Waals surface area contributed by atoms with Crippen LogP contribution >= 0.6 is 11.8 Å². The molecule has 0 radical (unpaired) electrons. The van der Waals surface area contributed by atoms with Crippen molar-refractivity contribution in [1.29, 1.82) is 0 Å². The SMILES string of the molecule is CSc1ccc(OCCNC(C)CCC(C)C)cc1. The highest BCUT2D eigenvalue weighted by Gasteiger charge is 2.02. The zero-order valence-electron chi connectivity index (χ0n) is 12.6. The maximum absolute atomic E-state index is 5.71. The van der Waals surface area contributed by atoms with Gasteiger partial charge in [0.2, 0.25) is 0 Å². The van der Waals surface area contributed by atoms with Crippen molar-refractivity contribution in [2.24, 2.45) is 5.92 Å². The van der Waals surface area contributed by atoms with E-state index in [4.69, 9.17) is 4.74 Å². The first-order valence-electron chi connectivity index (χ1n) is 7.12. The van der Waals surface area contributed by atoms with Crippen molar-refractivity contribution in [2.75, 3.05) is 19.4 Å². The average Bonchev–Trinajstić information content (AvgIpc) is 2.42. The molecule has 0 bridgehead atoms. The molecule has 0 aliphatic carbocycles. The van der Waals surface area contributed by atoms with Crippen LogP contribution in [0.5, 0.6) is 5.75 Å². The smallest absolute Gasteiger partial charge is 0.119 e. The van der Waals surface area contributed by atoms with Crippen LogP contribution < -0.4 is 10.1 Å². The summed E-state index contributed by atoms with van der Waals surface area (Å²) in [5.41, 5.74) is 0. The molecular weight excluding hydrogens is 254 g/mol. The first-order chi connectivity index (χ1) is 9.11. The van der Waals surface area contributed by atoms with E-state index in [1.165, 1.54) is 17.7 Å². The maximum Gasteiger partial charge on any atom is 0.119 e. The number of benzene rings is 1. The summed E-state index contributed by atoms with van der Waals surface area (Å²) in [6, 6.07) is 8.84. The first kappa shape index (κ1) is 16.4. The molecule has 0 saturated carbocycles. The van der Waals surface area contributed by atoms with Gasteiger partial charge in [-0.25, -0.2) is 0 Å². The van der Waals surface area contributed by atoms with E-state index in [2.05, 4.69) is 44.5 Å². The van der Waals surface area contributed by atoms with Crippen molar-refractivity contribution >= 4 is 11.8 Å². The van der Waals surface area contributed by atoms with Gasteiger partial charge in [0.25, 0.3) is 0 Å². The molecule has 0 fully saturated rings. The van der Waals surface area contributed by atoms with E-state index in [9.17, 15) is 0 Å². The number of hydrogen-bond donors (Lipinski definition) is 1.